The van der Waals surface area contributed by atoms with Crippen molar-refractivity contribution in [3.05, 3.63) is 29.3 Å². The maximum atomic E-state index is 9.34. The van der Waals surface area contributed by atoms with Crippen molar-refractivity contribution in [1.29, 1.82) is 0 Å². The fourth-order valence-electron chi connectivity index (χ4n) is 2.64. The van der Waals surface area contributed by atoms with Gasteiger partial charge >= 0.3 is 0 Å². The van der Waals surface area contributed by atoms with Gasteiger partial charge in [0.15, 0.2) is 5.84 Å². The number of oxime groups is 1. The first-order chi connectivity index (χ1) is 9.69. The Kier molecular flexibility index (Phi) is 4.81. The Balaban J connectivity index is 2.17. The number of rotatable bonds is 5. The molecule has 1 aromatic rings. The minimum Gasteiger partial charge on any atom is -0.496 e. The van der Waals surface area contributed by atoms with Crippen LogP contribution in [0, 0.1) is 0 Å². The van der Waals surface area contributed by atoms with Crippen molar-refractivity contribution in [3.63, 3.8) is 0 Å². The molecule has 1 atom stereocenters. The molecule has 0 bridgehead atoms. The zero-order valence-corrected chi connectivity index (χ0v) is 11.6. The number of aliphatic hydroxyl groups excluding tert-OH is 1. The van der Waals surface area contributed by atoms with Gasteiger partial charge in [-0.1, -0.05) is 11.2 Å². The minimum absolute atomic E-state index is 0.0304. The molecule has 0 spiro atoms. The fraction of sp³-hybridized carbons (Fsp3) is 0.500. The molecule has 2 rings (SSSR count). The van der Waals surface area contributed by atoms with Crippen LogP contribution in [0.25, 0.3) is 0 Å². The van der Waals surface area contributed by atoms with Crippen molar-refractivity contribution < 1.29 is 15.1 Å². The third-order valence-corrected chi connectivity index (χ3v) is 3.75. The van der Waals surface area contributed by atoms with Crippen LogP contribution < -0.4 is 10.5 Å². The van der Waals surface area contributed by atoms with Gasteiger partial charge in [-0.15, -0.1) is 0 Å². The number of benzene rings is 1. The number of hydrogen-bond acceptors (Lipinski definition) is 5. The molecule has 1 fully saturated rings. The van der Waals surface area contributed by atoms with Gasteiger partial charge in [-0.25, -0.2) is 0 Å². The number of likely N-dealkylation sites (tertiary alicyclic amines) is 1. The smallest absolute Gasteiger partial charge is 0.173 e. The van der Waals surface area contributed by atoms with Crippen molar-refractivity contribution in [2.24, 2.45) is 10.9 Å². The summed E-state index contributed by atoms with van der Waals surface area (Å²) in [6.45, 7) is 1.95. The number of nitrogens with zero attached hydrogens (tertiary/aromatic N) is 2. The summed E-state index contributed by atoms with van der Waals surface area (Å²) < 4.78 is 5.29. The molecule has 1 saturated heterocycles. The Bertz CT molecular complexity index is 491. The number of ether oxygens (including phenoxy) is 1. The topological polar surface area (TPSA) is 91.3 Å². The lowest BCUT2D eigenvalue weighted by molar-refractivity contribution is 0.153. The standard InChI is InChI=1S/C14H21N3O3/c1-20-13-7-10(4-5-12(13)14(15)16-19)8-17-6-2-3-11(17)9-18/h4-5,7,11,18-19H,2-3,6,8-9H2,1H3,(H2,15,16). The van der Waals surface area contributed by atoms with Gasteiger partial charge in [-0.05, 0) is 37.1 Å². The predicted octanol–water partition coefficient (Wildman–Crippen LogP) is 0.746. The molecule has 20 heavy (non-hydrogen) atoms. The molecule has 1 heterocycles. The number of amidine groups is 1. The molecule has 1 aromatic carbocycles. The average Bonchev–Trinajstić information content (AvgIpc) is 2.93. The van der Waals surface area contributed by atoms with Crippen molar-refractivity contribution >= 4 is 5.84 Å². The largest absolute Gasteiger partial charge is 0.496 e. The SMILES string of the molecule is COc1cc(CN2CCCC2CO)ccc1/C(N)=N/O. The van der Waals surface area contributed by atoms with E-state index in [-0.39, 0.29) is 18.5 Å². The highest BCUT2D eigenvalue weighted by atomic mass is 16.5. The lowest BCUT2D eigenvalue weighted by Gasteiger charge is -2.23. The second-order valence-corrected chi connectivity index (χ2v) is 4.97. The van der Waals surface area contributed by atoms with Crippen molar-refractivity contribution in [3.8, 4) is 5.75 Å². The van der Waals surface area contributed by atoms with Gasteiger partial charge < -0.3 is 20.8 Å². The van der Waals surface area contributed by atoms with Crippen LogP contribution >= 0.6 is 0 Å². The summed E-state index contributed by atoms with van der Waals surface area (Å²) in [5, 5.41) is 21.1. The van der Waals surface area contributed by atoms with Crippen LogP contribution in [0.3, 0.4) is 0 Å². The van der Waals surface area contributed by atoms with Crippen LogP contribution in [0.15, 0.2) is 23.4 Å². The first kappa shape index (κ1) is 14.6. The van der Waals surface area contributed by atoms with E-state index in [1.807, 2.05) is 12.1 Å². The Morgan fingerprint density at radius 3 is 3.00 bits per heavy atom. The highest BCUT2D eigenvalue weighted by molar-refractivity contribution is 5.99. The van der Waals surface area contributed by atoms with Crippen LogP contribution in [0.4, 0.5) is 0 Å². The summed E-state index contributed by atoms with van der Waals surface area (Å²) in [5.74, 6) is 0.611. The van der Waals surface area contributed by atoms with E-state index in [0.29, 0.717) is 11.3 Å². The normalized spacial score (nSPS) is 20.3. The Labute approximate surface area is 118 Å². The maximum absolute atomic E-state index is 9.34. The molecule has 1 unspecified atom stereocenters. The lowest BCUT2D eigenvalue weighted by Crippen LogP contribution is -2.31. The first-order valence-corrected chi connectivity index (χ1v) is 6.69. The van der Waals surface area contributed by atoms with Crippen LogP contribution in [0.1, 0.15) is 24.0 Å². The Morgan fingerprint density at radius 2 is 2.35 bits per heavy atom. The molecule has 6 nitrogen and oxygen atoms in total. The predicted molar refractivity (Wildman–Crippen MR) is 76.0 cm³/mol. The van der Waals surface area contributed by atoms with Gasteiger partial charge in [0, 0.05) is 12.6 Å². The van der Waals surface area contributed by atoms with Crippen LogP contribution in [0.2, 0.25) is 0 Å². The third kappa shape index (κ3) is 3.02. The van der Waals surface area contributed by atoms with Crippen LogP contribution in [0.5, 0.6) is 5.75 Å². The molecule has 0 saturated carbocycles. The summed E-state index contributed by atoms with van der Waals surface area (Å²) >= 11 is 0. The molecule has 1 aliphatic heterocycles. The highest BCUT2D eigenvalue weighted by Crippen LogP contribution is 2.24. The molecule has 110 valence electrons. The van der Waals surface area contributed by atoms with E-state index in [0.717, 1.165) is 31.5 Å². The zero-order valence-electron chi connectivity index (χ0n) is 11.6. The fourth-order valence-corrected chi connectivity index (χ4v) is 2.64. The van der Waals surface area contributed by atoms with Crippen molar-refractivity contribution in [1.82, 2.24) is 4.90 Å². The van der Waals surface area contributed by atoms with Crippen molar-refractivity contribution in [2.45, 2.75) is 25.4 Å². The van der Waals surface area contributed by atoms with Gasteiger partial charge in [0.1, 0.15) is 5.75 Å². The maximum Gasteiger partial charge on any atom is 0.173 e. The zero-order chi connectivity index (χ0) is 14.5. The second kappa shape index (κ2) is 6.58. The summed E-state index contributed by atoms with van der Waals surface area (Å²) in [5.41, 5.74) is 7.25. The summed E-state index contributed by atoms with van der Waals surface area (Å²) in [6, 6.07) is 5.85. The Morgan fingerprint density at radius 1 is 1.55 bits per heavy atom. The lowest BCUT2D eigenvalue weighted by atomic mass is 10.1. The molecule has 4 N–H and O–H groups in total. The van der Waals surface area contributed by atoms with E-state index in [4.69, 9.17) is 15.7 Å². The first-order valence-electron chi connectivity index (χ1n) is 6.69. The van der Waals surface area contributed by atoms with Crippen LogP contribution in [-0.2, 0) is 6.54 Å². The Hall–Kier alpha value is -1.79. The summed E-state index contributed by atoms with van der Waals surface area (Å²) in [7, 11) is 1.56. The van der Waals surface area contributed by atoms with Gasteiger partial charge in [-0.3, -0.25) is 4.90 Å². The van der Waals surface area contributed by atoms with E-state index in [1.54, 1.807) is 13.2 Å². The number of methoxy groups -OCH3 is 1. The number of hydrogen-bond donors (Lipinski definition) is 3. The van der Waals surface area contributed by atoms with Gasteiger partial charge in [0.2, 0.25) is 0 Å². The highest BCUT2D eigenvalue weighted by Gasteiger charge is 2.23. The monoisotopic (exact) mass is 279 g/mol. The molecule has 0 amide bonds. The average molecular weight is 279 g/mol. The van der Waals surface area contributed by atoms with E-state index >= 15 is 0 Å². The molecule has 1 aliphatic rings. The van der Waals surface area contributed by atoms with Crippen LogP contribution in [-0.4, -0.2) is 47.4 Å². The van der Waals surface area contributed by atoms with Crippen molar-refractivity contribution in [2.75, 3.05) is 20.3 Å². The number of nitrogens with two attached hydrogens (primary N) is 1. The van der Waals surface area contributed by atoms with E-state index < -0.39 is 0 Å². The number of aliphatic hydroxyl groups is 1. The molecule has 0 aliphatic carbocycles. The molecule has 0 radical (unpaired) electrons. The third-order valence-electron chi connectivity index (χ3n) is 3.75. The van der Waals surface area contributed by atoms with E-state index in [9.17, 15) is 5.11 Å². The van der Waals surface area contributed by atoms with Gasteiger partial charge in [0.25, 0.3) is 0 Å². The van der Waals surface area contributed by atoms with E-state index in [2.05, 4.69) is 10.1 Å². The second-order valence-electron chi connectivity index (χ2n) is 4.97. The molecule has 0 aromatic heterocycles. The summed E-state index contributed by atoms with van der Waals surface area (Å²) in [6.07, 6.45) is 2.15. The minimum atomic E-state index is 0.0304. The molecular weight excluding hydrogens is 258 g/mol. The molecular formula is C14H21N3O3. The van der Waals surface area contributed by atoms with Gasteiger partial charge in [-0.2, -0.15) is 0 Å². The quantitative estimate of drug-likeness (QED) is 0.320. The van der Waals surface area contributed by atoms with E-state index in [1.165, 1.54) is 0 Å². The van der Waals surface area contributed by atoms with Gasteiger partial charge in [0.05, 0.1) is 19.3 Å². The molecule has 6 heteroatoms. The summed E-state index contributed by atoms with van der Waals surface area (Å²) in [4.78, 5) is 2.26.